The van der Waals surface area contributed by atoms with Gasteiger partial charge in [0.05, 0.1) is 6.54 Å². The molecule has 1 atom stereocenters. The molecule has 1 aromatic carbocycles. The second kappa shape index (κ2) is 11.1. The highest BCUT2D eigenvalue weighted by Gasteiger charge is 2.22. The predicted molar refractivity (Wildman–Crippen MR) is 127 cm³/mol. The van der Waals surface area contributed by atoms with E-state index in [4.69, 9.17) is 0 Å². The molecule has 2 heterocycles. The number of thiophene rings is 1. The van der Waals surface area contributed by atoms with Gasteiger partial charge < -0.3 is 15.5 Å². The van der Waals surface area contributed by atoms with Gasteiger partial charge in [-0.15, -0.1) is 24.0 Å². The molecule has 4 nitrogen and oxygen atoms in total. The second-order valence-corrected chi connectivity index (χ2v) is 7.98. The summed E-state index contributed by atoms with van der Waals surface area (Å²) in [7, 11) is 0. The zero-order valence-corrected chi connectivity index (χ0v) is 19.7. The molecule has 7 heteroatoms. The number of anilines is 1. The molecule has 0 amide bonds. The number of nitrogens with zero attached hydrogens (tertiary/aromatic N) is 2. The number of rotatable bonds is 6. The van der Waals surface area contributed by atoms with Crippen molar-refractivity contribution < 1.29 is 0 Å². The summed E-state index contributed by atoms with van der Waals surface area (Å²) in [6.45, 7) is 6.88. The Morgan fingerprint density at radius 3 is 2.96 bits per heavy atom. The van der Waals surface area contributed by atoms with Gasteiger partial charge in [0.25, 0.3) is 0 Å². The molecule has 1 fully saturated rings. The highest BCUT2D eigenvalue weighted by atomic mass is 127. The lowest BCUT2D eigenvalue weighted by atomic mass is 10.1. The van der Waals surface area contributed by atoms with Crippen LogP contribution in [0.5, 0.6) is 0 Å². The van der Waals surface area contributed by atoms with E-state index in [9.17, 15) is 0 Å². The molecule has 0 bridgehead atoms. The fraction of sp³-hybridized carbons (Fsp3) is 0.421. The summed E-state index contributed by atoms with van der Waals surface area (Å²) in [6.07, 6.45) is 1.21. The molecular formula is C19H26BrIN4S. The molecular weight excluding hydrogens is 523 g/mol. The lowest BCUT2D eigenvalue weighted by molar-refractivity contribution is 0.566. The zero-order valence-electron chi connectivity index (χ0n) is 15.0. The number of nitrogens with one attached hydrogen (secondary N) is 2. The van der Waals surface area contributed by atoms with Gasteiger partial charge in [-0.2, -0.15) is 11.3 Å². The maximum Gasteiger partial charge on any atom is 0.191 e. The quantitative estimate of drug-likeness (QED) is 0.312. The number of halogens is 2. The van der Waals surface area contributed by atoms with Crippen molar-refractivity contribution in [2.75, 3.05) is 31.1 Å². The Bertz CT molecular complexity index is 693. The molecule has 3 rings (SSSR count). The number of guanidine groups is 1. The van der Waals surface area contributed by atoms with Crippen LogP contribution in [0.15, 0.2) is 50.6 Å². The molecule has 0 saturated carbocycles. The van der Waals surface area contributed by atoms with E-state index in [1.807, 2.05) is 0 Å². The van der Waals surface area contributed by atoms with Crippen LogP contribution in [0.2, 0.25) is 0 Å². The maximum absolute atomic E-state index is 4.69. The van der Waals surface area contributed by atoms with Gasteiger partial charge in [0.15, 0.2) is 5.96 Å². The van der Waals surface area contributed by atoms with Crippen LogP contribution in [-0.2, 0) is 6.54 Å². The van der Waals surface area contributed by atoms with E-state index >= 15 is 0 Å². The molecule has 1 aliphatic rings. The van der Waals surface area contributed by atoms with Gasteiger partial charge in [-0.1, -0.05) is 22.0 Å². The standard InChI is InChI=1S/C19H25BrN4S.HI/c1-2-21-19(23-12-16-7-9-25-14-16)22-11-15-6-8-24(13-15)18-5-3-4-17(20)10-18;/h3-5,7,9-10,14-15H,2,6,8,11-13H2,1H3,(H2,21,22,23);1H. The van der Waals surface area contributed by atoms with E-state index in [2.05, 4.69) is 84.5 Å². The molecule has 26 heavy (non-hydrogen) atoms. The van der Waals surface area contributed by atoms with Gasteiger partial charge >= 0.3 is 0 Å². The third-order valence-electron chi connectivity index (χ3n) is 4.36. The number of hydrogen-bond acceptors (Lipinski definition) is 3. The number of hydrogen-bond donors (Lipinski definition) is 2. The average molecular weight is 549 g/mol. The summed E-state index contributed by atoms with van der Waals surface area (Å²) in [5.74, 6) is 1.55. The Kier molecular flexibility index (Phi) is 9.21. The number of aliphatic imine (C=N–C) groups is 1. The minimum absolute atomic E-state index is 0. The van der Waals surface area contributed by atoms with Crippen LogP contribution >= 0.6 is 51.2 Å². The smallest absolute Gasteiger partial charge is 0.191 e. The average Bonchev–Trinajstić information content (AvgIpc) is 3.29. The van der Waals surface area contributed by atoms with Crippen molar-refractivity contribution in [2.45, 2.75) is 19.9 Å². The summed E-state index contributed by atoms with van der Waals surface area (Å²) in [6, 6.07) is 10.7. The highest BCUT2D eigenvalue weighted by molar-refractivity contribution is 14.0. The van der Waals surface area contributed by atoms with Gasteiger partial charge in [-0.3, -0.25) is 0 Å². The first-order chi connectivity index (χ1) is 12.2. The van der Waals surface area contributed by atoms with Crippen LogP contribution in [0.4, 0.5) is 5.69 Å². The van der Waals surface area contributed by atoms with Crippen LogP contribution in [0.3, 0.4) is 0 Å². The fourth-order valence-corrected chi connectivity index (χ4v) is 4.09. The summed E-state index contributed by atoms with van der Waals surface area (Å²) >= 11 is 5.28. The van der Waals surface area contributed by atoms with Crippen LogP contribution in [0, 0.1) is 5.92 Å². The normalized spacial score (nSPS) is 17.1. The lowest BCUT2D eigenvalue weighted by Gasteiger charge is -2.19. The van der Waals surface area contributed by atoms with E-state index in [-0.39, 0.29) is 24.0 Å². The Labute approximate surface area is 185 Å². The molecule has 1 unspecified atom stereocenters. The van der Waals surface area contributed by atoms with Crippen LogP contribution in [-0.4, -0.2) is 32.1 Å². The van der Waals surface area contributed by atoms with E-state index < -0.39 is 0 Å². The molecule has 2 aromatic rings. The largest absolute Gasteiger partial charge is 0.371 e. The second-order valence-electron chi connectivity index (χ2n) is 6.29. The summed E-state index contributed by atoms with van der Waals surface area (Å²) in [5.41, 5.74) is 2.57. The Balaban J connectivity index is 0.00000243. The number of benzene rings is 1. The molecule has 0 spiro atoms. The molecule has 1 aromatic heterocycles. The van der Waals surface area contributed by atoms with Crippen LogP contribution < -0.4 is 15.5 Å². The molecule has 1 saturated heterocycles. The van der Waals surface area contributed by atoms with E-state index in [0.29, 0.717) is 5.92 Å². The maximum atomic E-state index is 4.69. The summed E-state index contributed by atoms with van der Waals surface area (Å²) in [5, 5.41) is 11.1. The minimum Gasteiger partial charge on any atom is -0.371 e. The molecule has 0 aliphatic carbocycles. The molecule has 142 valence electrons. The molecule has 2 N–H and O–H groups in total. The molecule has 0 radical (unpaired) electrons. The SMILES string of the molecule is CCNC(=NCc1ccsc1)NCC1CCN(c2cccc(Br)c2)C1.I. The highest BCUT2D eigenvalue weighted by Crippen LogP contribution is 2.25. The van der Waals surface area contributed by atoms with Gasteiger partial charge in [-0.05, 0) is 59.9 Å². The first kappa shape index (κ1) is 21.5. The van der Waals surface area contributed by atoms with E-state index in [1.165, 1.54) is 17.7 Å². The Hall–Kier alpha value is -0.800. The van der Waals surface area contributed by atoms with Crippen molar-refractivity contribution in [3.8, 4) is 0 Å². The van der Waals surface area contributed by atoms with Crippen molar-refractivity contribution in [1.82, 2.24) is 10.6 Å². The van der Waals surface area contributed by atoms with Crippen molar-refractivity contribution in [3.05, 3.63) is 51.1 Å². The first-order valence-electron chi connectivity index (χ1n) is 8.78. The van der Waals surface area contributed by atoms with E-state index in [1.54, 1.807) is 11.3 Å². The zero-order chi connectivity index (χ0) is 17.5. The third kappa shape index (κ3) is 6.42. The predicted octanol–water partition coefficient (Wildman–Crippen LogP) is 4.71. The van der Waals surface area contributed by atoms with Crippen molar-refractivity contribution >= 4 is 62.9 Å². The minimum atomic E-state index is 0. The monoisotopic (exact) mass is 548 g/mol. The Morgan fingerprint density at radius 2 is 2.23 bits per heavy atom. The van der Waals surface area contributed by atoms with Crippen molar-refractivity contribution in [2.24, 2.45) is 10.9 Å². The van der Waals surface area contributed by atoms with Crippen molar-refractivity contribution in [1.29, 1.82) is 0 Å². The van der Waals surface area contributed by atoms with Crippen LogP contribution in [0.25, 0.3) is 0 Å². The van der Waals surface area contributed by atoms with Gasteiger partial charge in [0.2, 0.25) is 0 Å². The van der Waals surface area contributed by atoms with Gasteiger partial charge in [0, 0.05) is 36.3 Å². The van der Waals surface area contributed by atoms with Gasteiger partial charge in [0.1, 0.15) is 0 Å². The first-order valence-corrected chi connectivity index (χ1v) is 10.5. The Morgan fingerprint density at radius 1 is 1.35 bits per heavy atom. The molecule has 1 aliphatic heterocycles. The fourth-order valence-electron chi connectivity index (χ4n) is 3.04. The summed E-state index contributed by atoms with van der Waals surface area (Å²) < 4.78 is 1.14. The topological polar surface area (TPSA) is 39.7 Å². The third-order valence-corrected chi connectivity index (χ3v) is 5.59. The van der Waals surface area contributed by atoms with E-state index in [0.717, 1.165) is 43.2 Å². The summed E-state index contributed by atoms with van der Waals surface area (Å²) in [4.78, 5) is 7.15. The lowest BCUT2D eigenvalue weighted by Crippen LogP contribution is -2.40. The van der Waals surface area contributed by atoms with Crippen LogP contribution in [0.1, 0.15) is 18.9 Å². The van der Waals surface area contributed by atoms with Gasteiger partial charge in [-0.25, -0.2) is 4.99 Å². The van der Waals surface area contributed by atoms with Crippen molar-refractivity contribution in [3.63, 3.8) is 0 Å².